The first kappa shape index (κ1) is 18.0. The molecule has 0 saturated heterocycles. The zero-order chi connectivity index (χ0) is 18.6. The molecule has 0 unspecified atom stereocenters. The van der Waals surface area contributed by atoms with Gasteiger partial charge in [-0.3, -0.25) is 9.59 Å². The summed E-state index contributed by atoms with van der Waals surface area (Å²) in [6, 6.07) is 0. The smallest absolute Gasteiger partial charge is 0.232 e. The van der Waals surface area contributed by atoms with Gasteiger partial charge in [-0.15, -0.1) is 0 Å². The van der Waals surface area contributed by atoms with Crippen molar-refractivity contribution in [3.8, 4) is 0 Å². The van der Waals surface area contributed by atoms with Crippen LogP contribution < -0.4 is 5.73 Å². The molecule has 0 aromatic carbocycles. The quantitative estimate of drug-likeness (QED) is 0.451. The third kappa shape index (κ3) is 2.57. The number of hydrogen-bond acceptors (Lipinski definition) is 4. The lowest BCUT2D eigenvalue weighted by Crippen LogP contribution is -2.51. The summed E-state index contributed by atoms with van der Waals surface area (Å²) in [5, 5.41) is 10.4. The van der Waals surface area contributed by atoms with Crippen LogP contribution >= 0.6 is 0 Å². The number of hydrogen-bond donors (Lipinski definition) is 2. The lowest BCUT2D eigenvalue weighted by atomic mass is 9.46. The van der Waals surface area contributed by atoms with Gasteiger partial charge in [0.2, 0.25) is 11.6 Å². The van der Waals surface area contributed by atoms with Gasteiger partial charge < -0.3 is 10.8 Å². The average Bonchev–Trinajstić information content (AvgIpc) is 2.56. The second-order valence-corrected chi connectivity index (χ2v) is 8.71. The van der Waals surface area contributed by atoms with Gasteiger partial charge in [0.15, 0.2) is 0 Å². The Balaban J connectivity index is 2.03. The van der Waals surface area contributed by atoms with Crippen molar-refractivity contribution in [2.24, 2.45) is 28.4 Å². The number of aliphatic hydroxyl groups excluding tert-OH is 1. The maximum absolute atomic E-state index is 12.4. The lowest BCUT2D eigenvalue weighted by molar-refractivity contribution is -0.132. The first-order chi connectivity index (χ1) is 11.6. The van der Waals surface area contributed by atoms with Gasteiger partial charge in [-0.2, -0.15) is 0 Å². The number of allylic oxidation sites excluding steroid dienone is 3. The van der Waals surface area contributed by atoms with E-state index >= 15 is 0 Å². The van der Waals surface area contributed by atoms with E-state index in [2.05, 4.69) is 27.4 Å². The Morgan fingerprint density at radius 3 is 2.68 bits per heavy atom. The van der Waals surface area contributed by atoms with Crippen molar-refractivity contribution >= 4 is 11.6 Å². The van der Waals surface area contributed by atoms with Gasteiger partial charge in [0, 0.05) is 11.6 Å². The van der Waals surface area contributed by atoms with Crippen LogP contribution in [0.4, 0.5) is 0 Å². The van der Waals surface area contributed by atoms with Crippen LogP contribution in [0, 0.1) is 22.7 Å². The van der Waals surface area contributed by atoms with Crippen molar-refractivity contribution in [1.29, 1.82) is 0 Å². The third-order valence-corrected chi connectivity index (χ3v) is 7.47. The molecule has 4 heteroatoms. The number of rotatable bonds is 2. The summed E-state index contributed by atoms with van der Waals surface area (Å²) >= 11 is 0. The molecule has 3 N–H and O–H groups in total. The fourth-order valence-electron chi connectivity index (χ4n) is 5.52. The Kier molecular flexibility index (Phi) is 4.21. The highest BCUT2D eigenvalue weighted by molar-refractivity contribution is 6.48. The number of fused-ring (bicyclic) bond motifs is 1. The molecule has 4 nitrogen and oxygen atoms in total. The molecule has 2 saturated carbocycles. The summed E-state index contributed by atoms with van der Waals surface area (Å²) in [6.07, 6.45) is 6.88. The fraction of sp³-hybridized carbons (Fsp3) is 0.619. The van der Waals surface area contributed by atoms with Crippen molar-refractivity contribution < 1.29 is 14.7 Å². The summed E-state index contributed by atoms with van der Waals surface area (Å²) in [5.41, 5.74) is 7.15. The van der Waals surface area contributed by atoms with E-state index in [0.29, 0.717) is 18.3 Å². The monoisotopic (exact) mass is 343 g/mol. The maximum Gasteiger partial charge on any atom is 0.232 e. The second-order valence-electron chi connectivity index (χ2n) is 8.71. The number of nitrogens with two attached hydrogens (primary N) is 1. The zero-order valence-electron chi connectivity index (χ0n) is 15.5. The van der Waals surface area contributed by atoms with E-state index in [1.165, 1.54) is 5.57 Å². The van der Waals surface area contributed by atoms with Crippen LogP contribution in [0.3, 0.4) is 0 Å². The Hall–Kier alpha value is -1.84. The molecule has 0 bridgehead atoms. The van der Waals surface area contributed by atoms with Gasteiger partial charge in [-0.25, -0.2) is 0 Å². The molecule has 0 aromatic rings. The molecule has 136 valence electrons. The van der Waals surface area contributed by atoms with Crippen LogP contribution in [0.15, 0.2) is 35.3 Å². The molecule has 25 heavy (non-hydrogen) atoms. The third-order valence-electron chi connectivity index (χ3n) is 7.47. The second kappa shape index (κ2) is 5.86. The fourth-order valence-corrected chi connectivity index (χ4v) is 5.52. The molecular weight excluding hydrogens is 314 g/mol. The van der Waals surface area contributed by atoms with E-state index < -0.39 is 11.6 Å². The van der Waals surface area contributed by atoms with Crippen molar-refractivity contribution in [1.82, 2.24) is 0 Å². The topological polar surface area (TPSA) is 80.4 Å². The van der Waals surface area contributed by atoms with E-state index in [1.807, 2.05) is 0 Å². The molecule has 2 fully saturated rings. The molecule has 3 aliphatic rings. The molecule has 4 atom stereocenters. The predicted octanol–water partition coefficient (Wildman–Crippen LogP) is 3.98. The Bertz CT molecular complexity index is 717. The normalized spacial score (nSPS) is 39.3. The summed E-state index contributed by atoms with van der Waals surface area (Å²) < 4.78 is 0. The van der Waals surface area contributed by atoms with Gasteiger partial charge >= 0.3 is 0 Å². The Morgan fingerprint density at radius 1 is 1.32 bits per heavy atom. The van der Waals surface area contributed by atoms with Crippen LogP contribution in [-0.2, 0) is 9.59 Å². The first-order valence-electron chi connectivity index (χ1n) is 9.28. The number of ketones is 2. The van der Waals surface area contributed by atoms with Crippen molar-refractivity contribution in [2.75, 3.05) is 0 Å². The summed E-state index contributed by atoms with van der Waals surface area (Å²) in [6.45, 7) is 11.1. The van der Waals surface area contributed by atoms with Gasteiger partial charge in [0.25, 0.3) is 0 Å². The van der Waals surface area contributed by atoms with Crippen LogP contribution in [0.2, 0.25) is 0 Å². The minimum Gasteiger partial charge on any atom is -0.505 e. The number of aliphatic hydroxyl groups is 1. The molecule has 0 heterocycles. The van der Waals surface area contributed by atoms with E-state index in [1.54, 1.807) is 0 Å². The van der Waals surface area contributed by atoms with E-state index in [9.17, 15) is 14.7 Å². The molecule has 0 radical (unpaired) electrons. The number of Topliss-reactive ketones (excluding diaryl/α,β-unsaturated/α-hetero) is 1. The highest BCUT2D eigenvalue weighted by atomic mass is 16.3. The highest BCUT2D eigenvalue weighted by Crippen LogP contribution is 2.63. The van der Waals surface area contributed by atoms with Crippen LogP contribution in [0.25, 0.3) is 0 Å². The molecule has 0 aliphatic heterocycles. The van der Waals surface area contributed by atoms with Gasteiger partial charge in [0.1, 0.15) is 5.76 Å². The van der Waals surface area contributed by atoms with Crippen LogP contribution in [-0.4, -0.2) is 16.7 Å². The van der Waals surface area contributed by atoms with Gasteiger partial charge in [-0.1, -0.05) is 32.9 Å². The predicted molar refractivity (Wildman–Crippen MR) is 97.6 cm³/mol. The van der Waals surface area contributed by atoms with Gasteiger partial charge in [0.05, 0.1) is 5.70 Å². The van der Waals surface area contributed by atoms with E-state index in [-0.39, 0.29) is 27.9 Å². The Labute approximate surface area is 149 Å². The first-order valence-corrected chi connectivity index (χ1v) is 9.28. The summed E-state index contributed by atoms with van der Waals surface area (Å²) in [5.74, 6) is -0.665. The molecule has 3 aliphatic carbocycles. The van der Waals surface area contributed by atoms with Crippen molar-refractivity contribution in [3.63, 3.8) is 0 Å². The highest BCUT2D eigenvalue weighted by Gasteiger charge is 2.54. The molecule has 0 aromatic heterocycles. The Morgan fingerprint density at radius 2 is 2.00 bits per heavy atom. The average molecular weight is 343 g/mol. The summed E-state index contributed by atoms with van der Waals surface area (Å²) in [7, 11) is 0. The van der Waals surface area contributed by atoms with Crippen molar-refractivity contribution in [2.45, 2.75) is 59.3 Å². The number of carbonyl (C=O) groups is 2. The standard InChI is InChI=1S/C21H29NO3/c1-12-6-5-7-17-20(12,3)9-8-13(2)21(17,4)11-14-18(24)15(22)10-16(23)19(14)25/h10,13,17,24H,1,5-9,11,22H2,2-4H3/t13-,17+,20-,21+/m0/s1. The van der Waals surface area contributed by atoms with Crippen LogP contribution in [0.5, 0.6) is 0 Å². The number of carbonyl (C=O) groups excluding carboxylic acids is 2. The molecule has 0 amide bonds. The van der Waals surface area contributed by atoms with Gasteiger partial charge in [-0.05, 0) is 61.2 Å². The zero-order valence-corrected chi connectivity index (χ0v) is 15.5. The van der Waals surface area contributed by atoms with Crippen molar-refractivity contribution in [3.05, 3.63) is 35.3 Å². The molecule has 3 rings (SSSR count). The largest absolute Gasteiger partial charge is 0.505 e. The van der Waals surface area contributed by atoms with E-state index in [0.717, 1.165) is 38.2 Å². The maximum atomic E-state index is 12.4. The summed E-state index contributed by atoms with van der Waals surface area (Å²) in [4.78, 5) is 24.3. The molecule has 0 spiro atoms. The molecular formula is C21H29NO3. The lowest BCUT2D eigenvalue weighted by Gasteiger charge is -2.59. The van der Waals surface area contributed by atoms with E-state index in [4.69, 9.17) is 5.73 Å². The minimum absolute atomic E-state index is 0.00229. The van der Waals surface area contributed by atoms with Crippen LogP contribution in [0.1, 0.15) is 59.3 Å². The minimum atomic E-state index is -0.631. The SMILES string of the molecule is C=C1CCC[C@H]2[C@](C)(CC3=C(O)C(N)=CC(=O)C3=O)[C@@H](C)CC[C@@]12C.